The Morgan fingerprint density at radius 3 is 2.54 bits per heavy atom. The highest BCUT2D eigenvalue weighted by Crippen LogP contribution is 2.20. The number of nitrogens with one attached hydrogen (secondary N) is 1. The van der Waals surface area contributed by atoms with E-state index in [2.05, 4.69) is 34.4 Å². The van der Waals surface area contributed by atoms with E-state index in [-0.39, 0.29) is 11.9 Å². The first kappa shape index (κ1) is 16.0. The summed E-state index contributed by atoms with van der Waals surface area (Å²) in [6.07, 6.45) is 3.82. The summed E-state index contributed by atoms with van der Waals surface area (Å²) >= 11 is 0. The highest BCUT2D eigenvalue weighted by atomic mass is 19.1. The highest BCUT2D eigenvalue weighted by molar-refractivity contribution is 5.36. The first-order valence-corrected chi connectivity index (χ1v) is 7.74. The van der Waals surface area contributed by atoms with Crippen molar-refractivity contribution >= 4 is 0 Å². The second-order valence-electron chi connectivity index (χ2n) is 5.45. The summed E-state index contributed by atoms with van der Waals surface area (Å²) in [4.78, 5) is 0. The molecule has 3 nitrogen and oxygen atoms in total. The SMILES string of the molecule is Cn1cc(C(NCC#Cc2ccccc2F)c2ccccc2)cn1. The number of aromatic nitrogens is 2. The van der Waals surface area contributed by atoms with Gasteiger partial charge in [-0.3, -0.25) is 10.00 Å². The molecule has 0 fully saturated rings. The second kappa shape index (κ2) is 7.58. The molecule has 0 aliphatic heterocycles. The standard InChI is InChI=1S/C20H18FN3/c1-24-15-18(14-23-24)20(17-9-3-2-4-10-17)22-13-7-11-16-8-5-6-12-19(16)21/h2-6,8-10,12,14-15,20,22H,13H2,1H3. The summed E-state index contributed by atoms with van der Waals surface area (Å²) in [7, 11) is 1.89. The van der Waals surface area contributed by atoms with E-state index in [0.717, 1.165) is 11.1 Å². The molecule has 4 heteroatoms. The highest BCUT2D eigenvalue weighted by Gasteiger charge is 2.14. The third kappa shape index (κ3) is 3.89. The van der Waals surface area contributed by atoms with Crippen molar-refractivity contribution in [1.29, 1.82) is 0 Å². The molecule has 1 atom stereocenters. The van der Waals surface area contributed by atoms with E-state index < -0.39 is 0 Å². The maximum atomic E-state index is 13.6. The van der Waals surface area contributed by atoms with E-state index >= 15 is 0 Å². The molecule has 0 aliphatic rings. The van der Waals surface area contributed by atoms with Gasteiger partial charge < -0.3 is 0 Å². The minimum atomic E-state index is -0.295. The molecule has 0 saturated carbocycles. The lowest BCUT2D eigenvalue weighted by molar-refractivity contribution is 0.624. The van der Waals surface area contributed by atoms with Gasteiger partial charge in [0.05, 0.1) is 24.3 Å². The minimum Gasteiger partial charge on any atom is -0.295 e. The summed E-state index contributed by atoms with van der Waals surface area (Å²) in [5.41, 5.74) is 2.62. The van der Waals surface area contributed by atoms with Crippen molar-refractivity contribution in [3.05, 3.63) is 89.5 Å². The number of hydrogen-bond donors (Lipinski definition) is 1. The van der Waals surface area contributed by atoms with Crippen LogP contribution in [0.2, 0.25) is 0 Å². The first-order chi connectivity index (χ1) is 11.7. The second-order valence-corrected chi connectivity index (χ2v) is 5.45. The van der Waals surface area contributed by atoms with Crippen molar-refractivity contribution in [3.63, 3.8) is 0 Å². The molecular weight excluding hydrogens is 301 g/mol. The topological polar surface area (TPSA) is 29.9 Å². The minimum absolute atomic E-state index is 0.00480. The number of rotatable bonds is 4. The van der Waals surface area contributed by atoms with Crippen molar-refractivity contribution < 1.29 is 4.39 Å². The molecular formula is C20H18FN3. The lowest BCUT2D eigenvalue weighted by atomic mass is 10.0. The Morgan fingerprint density at radius 2 is 1.83 bits per heavy atom. The van der Waals surface area contributed by atoms with Crippen LogP contribution in [0.5, 0.6) is 0 Å². The van der Waals surface area contributed by atoms with Gasteiger partial charge in [-0.25, -0.2) is 4.39 Å². The van der Waals surface area contributed by atoms with Gasteiger partial charge in [-0.15, -0.1) is 0 Å². The fraction of sp³-hybridized carbons (Fsp3) is 0.150. The van der Waals surface area contributed by atoms with Crippen molar-refractivity contribution in [2.45, 2.75) is 6.04 Å². The molecule has 2 aromatic carbocycles. The predicted molar refractivity (Wildman–Crippen MR) is 92.8 cm³/mol. The Labute approximate surface area is 141 Å². The van der Waals surface area contributed by atoms with Crippen LogP contribution in [0.3, 0.4) is 0 Å². The Hall–Kier alpha value is -2.90. The van der Waals surface area contributed by atoms with Gasteiger partial charge in [0, 0.05) is 18.8 Å². The zero-order valence-corrected chi connectivity index (χ0v) is 13.4. The van der Waals surface area contributed by atoms with Crippen LogP contribution in [0.4, 0.5) is 4.39 Å². The molecule has 3 aromatic rings. The van der Waals surface area contributed by atoms with Crippen molar-refractivity contribution in [1.82, 2.24) is 15.1 Å². The molecule has 1 heterocycles. The van der Waals surface area contributed by atoms with E-state index in [9.17, 15) is 4.39 Å². The number of nitrogens with zero attached hydrogens (tertiary/aromatic N) is 2. The maximum Gasteiger partial charge on any atom is 0.138 e. The van der Waals surface area contributed by atoms with E-state index in [1.165, 1.54) is 6.07 Å². The Bertz CT molecular complexity index is 859. The van der Waals surface area contributed by atoms with Crippen LogP contribution >= 0.6 is 0 Å². The van der Waals surface area contributed by atoms with Gasteiger partial charge in [0.2, 0.25) is 0 Å². The van der Waals surface area contributed by atoms with Crippen LogP contribution in [-0.4, -0.2) is 16.3 Å². The number of aryl methyl sites for hydroxylation is 1. The molecule has 0 bridgehead atoms. The Morgan fingerprint density at radius 1 is 1.08 bits per heavy atom. The maximum absolute atomic E-state index is 13.6. The van der Waals surface area contributed by atoms with Crippen molar-refractivity contribution in [2.75, 3.05) is 6.54 Å². The summed E-state index contributed by atoms with van der Waals surface area (Å²) < 4.78 is 15.3. The van der Waals surface area contributed by atoms with Gasteiger partial charge in [-0.2, -0.15) is 5.10 Å². The summed E-state index contributed by atoms with van der Waals surface area (Å²) in [6, 6.07) is 16.7. The van der Waals surface area contributed by atoms with Crippen LogP contribution in [0.1, 0.15) is 22.7 Å². The van der Waals surface area contributed by atoms with Crippen molar-refractivity contribution in [2.24, 2.45) is 7.05 Å². The normalized spacial score (nSPS) is 11.6. The molecule has 0 spiro atoms. The third-order valence-electron chi connectivity index (χ3n) is 3.68. The van der Waals surface area contributed by atoms with Crippen LogP contribution < -0.4 is 5.32 Å². The van der Waals surface area contributed by atoms with Gasteiger partial charge in [-0.05, 0) is 17.7 Å². The smallest absolute Gasteiger partial charge is 0.138 e. The van der Waals surface area contributed by atoms with Crippen LogP contribution in [0.25, 0.3) is 0 Å². The van der Waals surface area contributed by atoms with Gasteiger partial charge in [0.1, 0.15) is 5.82 Å². The van der Waals surface area contributed by atoms with Crippen molar-refractivity contribution in [3.8, 4) is 11.8 Å². The number of halogens is 1. The molecule has 120 valence electrons. The Kier molecular flexibility index (Phi) is 5.05. The average Bonchev–Trinajstić information content (AvgIpc) is 3.03. The third-order valence-corrected chi connectivity index (χ3v) is 3.68. The molecule has 0 radical (unpaired) electrons. The van der Waals surface area contributed by atoms with Crippen LogP contribution in [0.15, 0.2) is 67.0 Å². The predicted octanol–water partition coefficient (Wildman–Crippen LogP) is 3.29. The molecule has 0 saturated heterocycles. The summed E-state index contributed by atoms with van der Waals surface area (Å²) in [6.45, 7) is 0.447. The van der Waals surface area contributed by atoms with Crippen LogP contribution in [0, 0.1) is 17.7 Å². The molecule has 1 aromatic heterocycles. The fourth-order valence-corrected chi connectivity index (χ4v) is 2.52. The largest absolute Gasteiger partial charge is 0.295 e. The molecule has 24 heavy (non-hydrogen) atoms. The first-order valence-electron chi connectivity index (χ1n) is 7.74. The van der Waals surface area contributed by atoms with Gasteiger partial charge in [0.15, 0.2) is 0 Å². The zero-order valence-electron chi connectivity index (χ0n) is 13.4. The Balaban J connectivity index is 1.75. The summed E-state index contributed by atoms with van der Waals surface area (Å²) in [5, 5.41) is 7.65. The van der Waals surface area contributed by atoms with E-state index in [1.54, 1.807) is 22.9 Å². The monoisotopic (exact) mass is 319 g/mol. The van der Waals surface area contributed by atoms with E-state index in [4.69, 9.17) is 0 Å². The number of benzene rings is 2. The molecule has 0 aliphatic carbocycles. The fourth-order valence-electron chi connectivity index (χ4n) is 2.52. The van der Waals surface area contributed by atoms with Gasteiger partial charge in [0.25, 0.3) is 0 Å². The summed E-state index contributed by atoms with van der Waals surface area (Å²) in [5.74, 6) is 5.56. The zero-order chi connectivity index (χ0) is 16.8. The molecule has 1 unspecified atom stereocenters. The van der Waals surface area contributed by atoms with E-state index in [1.807, 2.05) is 37.6 Å². The molecule has 1 N–H and O–H groups in total. The average molecular weight is 319 g/mol. The van der Waals surface area contributed by atoms with Gasteiger partial charge in [-0.1, -0.05) is 54.3 Å². The number of hydrogen-bond acceptors (Lipinski definition) is 2. The lowest BCUT2D eigenvalue weighted by Crippen LogP contribution is -2.22. The van der Waals surface area contributed by atoms with Gasteiger partial charge >= 0.3 is 0 Å². The quantitative estimate of drug-likeness (QED) is 0.748. The van der Waals surface area contributed by atoms with E-state index in [0.29, 0.717) is 12.1 Å². The van der Waals surface area contributed by atoms with Crippen LogP contribution in [-0.2, 0) is 7.05 Å². The molecule has 3 rings (SSSR count). The molecule has 0 amide bonds. The lowest BCUT2D eigenvalue weighted by Gasteiger charge is -2.16.